The van der Waals surface area contributed by atoms with Crippen molar-refractivity contribution in [2.45, 2.75) is 16.6 Å². The topological polar surface area (TPSA) is 46.6 Å². The summed E-state index contributed by atoms with van der Waals surface area (Å²) < 4.78 is 31.8. The quantitative estimate of drug-likeness (QED) is 0.796. The molecule has 0 aliphatic carbocycles. The van der Waals surface area contributed by atoms with Gasteiger partial charge in [-0.15, -0.1) is 0 Å². The van der Waals surface area contributed by atoms with Gasteiger partial charge >= 0.3 is 0 Å². The van der Waals surface area contributed by atoms with E-state index in [9.17, 15) is 8.42 Å². The van der Waals surface area contributed by atoms with Gasteiger partial charge in [0.25, 0.3) is 0 Å². The fraction of sp³-hybridized carbons (Fsp3) is 0.500. The number of morpholine rings is 1. The SMILES string of the molecule is CC(Br)c1ccccc1S(=O)(=O)N1CCOCC1. The molecule has 6 heteroatoms. The standard InChI is InChI=1S/C12H16BrNO3S/c1-10(13)11-4-2-3-5-12(11)18(15,16)14-6-8-17-9-7-14/h2-5,10H,6-9H2,1H3. The van der Waals surface area contributed by atoms with Crippen molar-refractivity contribution in [3.05, 3.63) is 29.8 Å². The predicted molar refractivity (Wildman–Crippen MR) is 73.4 cm³/mol. The van der Waals surface area contributed by atoms with E-state index in [0.29, 0.717) is 31.2 Å². The van der Waals surface area contributed by atoms with Crippen LogP contribution in [0, 0.1) is 0 Å². The van der Waals surface area contributed by atoms with E-state index in [1.165, 1.54) is 4.31 Å². The van der Waals surface area contributed by atoms with Crippen molar-refractivity contribution in [1.82, 2.24) is 4.31 Å². The number of nitrogens with zero attached hydrogens (tertiary/aromatic N) is 1. The van der Waals surface area contributed by atoms with E-state index in [-0.39, 0.29) is 4.83 Å². The first-order chi connectivity index (χ1) is 8.53. The molecule has 0 N–H and O–H groups in total. The average molecular weight is 334 g/mol. The number of rotatable bonds is 3. The number of halogens is 1. The Morgan fingerprint density at radius 3 is 2.50 bits per heavy atom. The lowest BCUT2D eigenvalue weighted by atomic mass is 10.2. The summed E-state index contributed by atoms with van der Waals surface area (Å²) >= 11 is 3.44. The highest BCUT2D eigenvalue weighted by molar-refractivity contribution is 9.09. The predicted octanol–water partition coefficient (Wildman–Crippen LogP) is 2.16. The number of ether oxygens (including phenoxy) is 1. The summed E-state index contributed by atoms with van der Waals surface area (Å²) in [5.41, 5.74) is 0.795. The first-order valence-electron chi connectivity index (χ1n) is 5.84. The molecule has 1 heterocycles. The highest BCUT2D eigenvalue weighted by Crippen LogP contribution is 2.30. The van der Waals surface area contributed by atoms with Crippen molar-refractivity contribution >= 4 is 26.0 Å². The van der Waals surface area contributed by atoms with E-state index in [4.69, 9.17) is 4.74 Å². The van der Waals surface area contributed by atoms with Crippen LogP contribution in [0.1, 0.15) is 17.3 Å². The van der Waals surface area contributed by atoms with Gasteiger partial charge in [-0.25, -0.2) is 8.42 Å². The molecule has 0 saturated carbocycles. The number of hydrogen-bond donors (Lipinski definition) is 0. The summed E-state index contributed by atoms with van der Waals surface area (Å²) in [5, 5.41) is 0. The maximum absolute atomic E-state index is 12.6. The summed E-state index contributed by atoms with van der Waals surface area (Å²) in [7, 11) is -3.41. The molecule has 18 heavy (non-hydrogen) atoms. The van der Waals surface area contributed by atoms with Gasteiger partial charge in [-0.3, -0.25) is 0 Å². The molecule has 4 nitrogen and oxygen atoms in total. The second-order valence-electron chi connectivity index (χ2n) is 4.17. The van der Waals surface area contributed by atoms with Crippen molar-refractivity contribution in [3.63, 3.8) is 0 Å². The Balaban J connectivity index is 2.40. The van der Waals surface area contributed by atoms with Crippen molar-refractivity contribution in [2.75, 3.05) is 26.3 Å². The van der Waals surface area contributed by atoms with Gasteiger partial charge in [0.1, 0.15) is 0 Å². The first kappa shape index (κ1) is 14.0. The normalized spacial score (nSPS) is 19.7. The van der Waals surface area contributed by atoms with Gasteiger partial charge in [-0.1, -0.05) is 34.1 Å². The van der Waals surface area contributed by atoms with Crippen LogP contribution in [-0.4, -0.2) is 39.0 Å². The van der Waals surface area contributed by atoms with Gasteiger partial charge < -0.3 is 4.74 Å². The smallest absolute Gasteiger partial charge is 0.243 e. The summed E-state index contributed by atoms with van der Waals surface area (Å²) in [5.74, 6) is 0. The summed E-state index contributed by atoms with van der Waals surface area (Å²) in [4.78, 5) is 0.390. The fourth-order valence-electron chi connectivity index (χ4n) is 1.97. The van der Waals surface area contributed by atoms with Gasteiger partial charge in [-0.2, -0.15) is 4.31 Å². The fourth-order valence-corrected chi connectivity index (χ4v) is 4.22. The Morgan fingerprint density at radius 1 is 1.28 bits per heavy atom. The minimum Gasteiger partial charge on any atom is -0.379 e. The van der Waals surface area contributed by atoms with Crippen LogP contribution >= 0.6 is 15.9 Å². The Bertz CT molecular complexity index is 510. The zero-order valence-corrected chi connectivity index (χ0v) is 12.6. The van der Waals surface area contributed by atoms with Crippen LogP contribution in [0.2, 0.25) is 0 Å². The van der Waals surface area contributed by atoms with E-state index in [1.807, 2.05) is 19.1 Å². The first-order valence-corrected chi connectivity index (χ1v) is 8.20. The van der Waals surface area contributed by atoms with E-state index < -0.39 is 10.0 Å². The molecule has 1 aliphatic heterocycles. The lowest BCUT2D eigenvalue weighted by molar-refractivity contribution is 0.0730. The zero-order valence-electron chi connectivity index (χ0n) is 10.2. The Labute approximate surface area is 116 Å². The lowest BCUT2D eigenvalue weighted by Gasteiger charge is -2.27. The molecule has 0 aromatic heterocycles. The van der Waals surface area contributed by atoms with Crippen molar-refractivity contribution in [1.29, 1.82) is 0 Å². The molecular weight excluding hydrogens is 318 g/mol. The third kappa shape index (κ3) is 2.77. The third-order valence-electron chi connectivity index (χ3n) is 2.94. The molecule has 2 rings (SSSR count). The molecule has 0 radical (unpaired) electrons. The lowest BCUT2D eigenvalue weighted by Crippen LogP contribution is -2.40. The van der Waals surface area contributed by atoms with Crippen LogP contribution in [0.4, 0.5) is 0 Å². The van der Waals surface area contributed by atoms with Gasteiger partial charge in [0.15, 0.2) is 0 Å². The minimum atomic E-state index is -3.41. The van der Waals surface area contributed by atoms with Gasteiger partial charge in [0.05, 0.1) is 18.1 Å². The average Bonchev–Trinajstić information content (AvgIpc) is 2.39. The molecule has 1 aromatic rings. The summed E-state index contributed by atoms with van der Waals surface area (Å²) in [6, 6.07) is 7.11. The maximum atomic E-state index is 12.6. The molecule has 1 aliphatic rings. The minimum absolute atomic E-state index is 0.00418. The van der Waals surface area contributed by atoms with Crippen LogP contribution in [0.25, 0.3) is 0 Å². The monoisotopic (exact) mass is 333 g/mol. The number of sulfonamides is 1. The second kappa shape index (κ2) is 5.69. The van der Waals surface area contributed by atoms with Gasteiger partial charge in [-0.05, 0) is 18.6 Å². The van der Waals surface area contributed by atoms with Crippen molar-refractivity contribution in [2.24, 2.45) is 0 Å². The third-order valence-corrected chi connectivity index (χ3v) is 5.40. The van der Waals surface area contributed by atoms with Gasteiger partial charge in [0.2, 0.25) is 10.0 Å². The number of alkyl halides is 1. The molecule has 1 saturated heterocycles. The Morgan fingerprint density at radius 2 is 1.89 bits per heavy atom. The van der Waals surface area contributed by atoms with Crippen molar-refractivity contribution in [3.8, 4) is 0 Å². The van der Waals surface area contributed by atoms with E-state index in [2.05, 4.69) is 15.9 Å². The highest BCUT2D eigenvalue weighted by Gasteiger charge is 2.28. The van der Waals surface area contributed by atoms with Crippen molar-refractivity contribution < 1.29 is 13.2 Å². The molecule has 1 unspecified atom stereocenters. The molecule has 1 atom stereocenters. The second-order valence-corrected chi connectivity index (χ2v) is 7.45. The summed E-state index contributed by atoms with van der Waals surface area (Å²) in [6.07, 6.45) is 0. The molecule has 0 amide bonds. The summed E-state index contributed by atoms with van der Waals surface area (Å²) in [6.45, 7) is 3.70. The molecule has 100 valence electrons. The van der Waals surface area contributed by atoms with Crippen LogP contribution < -0.4 is 0 Å². The van der Waals surface area contributed by atoms with E-state index in [0.717, 1.165) is 5.56 Å². The largest absolute Gasteiger partial charge is 0.379 e. The van der Waals surface area contributed by atoms with Crippen LogP contribution in [0.15, 0.2) is 29.2 Å². The molecular formula is C12H16BrNO3S. The van der Waals surface area contributed by atoms with E-state index >= 15 is 0 Å². The van der Waals surface area contributed by atoms with E-state index in [1.54, 1.807) is 12.1 Å². The Kier molecular flexibility index (Phi) is 4.42. The van der Waals surface area contributed by atoms with Crippen LogP contribution in [0.5, 0.6) is 0 Å². The van der Waals surface area contributed by atoms with Crippen LogP contribution in [-0.2, 0) is 14.8 Å². The highest BCUT2D eigenvalue weighted by atomic mass is 79.9. The zero-order chi connectivity index (χ0) is 13.2. The number of benzene rings is 1. The molecule has 0 spiro atoms. The number of hydrogen-bond acceptors (Lipinski definition) is 3. The maximum Gasteiger partial charge on any atom is 0.243 e. The Hall–Kier alpha value is -0.430. The molecule has 0 bridgehead atoms. The molecule has 1 fully saturated rings. The van der Waals surface area contributed by atoms with Gasteiger partial charge in [0, 0.05) is 17.9 Å². The van der Waals surface area contributed by atoms with Crippen LogP contribution in [0.3, 0.4) is 0 Å². The molecule has 1 aromatic carbocycles.